The molecule has 1 aliphatic rings. The Kier molecular flexibility index (Phi) is 6.95. The van der Waals surface area contributed by atoms with Gasteiger partial charge in [0, 0.05) is 24.9 Å². The third-order valence-corrected chi connectivity index (χ3v) is 5.31. The Morgan fingerprint density at radius 1 is 1.10 bits per heavy atom. The fourth-order valence-electron chi connectivity index (χ4n) is 3.60. The first-order valence-corrected chi connectivity index (χ1v) is 10.3. The fraction of sp³-hybridized carbons (Fsp3) is 0.375. The number of methoxy groups -OCH3 is 2. The van der Waals surface area contributed by atoms with E-state index in [2.05, 4.69) is 5.10 Å². The second kappa shape index (κ2) is 9.64. The third-order valence-electron chi connectivity index (χ3n) is 5.31. The van der Waals surface area contributed by atoms with E-state index in [-0.39, 0.29) is 30.3 Å². The lowest BCUT2D eigenvalue weighted by Gasteiger charge is -2.25. The maximum absolute atomic E-state index is 13.2. The van der Waals surface area contributed by atoms with Crippen LogP contribution in [0.5, 0.6) is 11.5 Å². The molecule has 0 bridgehead atoms. The van der Waals surface area contributed by atoms with Crippen molar-refractivity contribution in [1.82, 2.24) is 9.91 Å². The molecule has 2 aromatic rings. The highest BCUT2D eigenvalue weighted by Gasteiger charge is 2.34. The lowest BCUT2D eigenvalue weighted by atomic mass is 9.98. The summed E-state index contributed by atoms with van der Waals surface area (Å²) in [5, 5.41) is 6.17. The van der Waals surface area contributed by atoms with Crippen LogP contribution in [0.3, 0.4) is 0 Å². The van der Waals surface area contributed by atoms with Crippen molar-refractivity contribution in [2.45, 2.75) is 26.3 Å². The summed E-state index contributed by atoms with van der Waals surface area (Å²) in [6, 6.07) is 15.0. The minimum Gasteiger partial charge on any atom is -0.497 e. The molecule has 7 nitrogen and oxygen atoms in total. The third kappa shape index (κ3) is 5.05. The number of nitrogens with zero attached hydrogens (tertiary/aromatic N) is 3. The largest absolute Gasteiger partial charge is 0.497 e. The SMILES string of the molecule is COc1ccc(C2CC(c3cccc(OC)c3)=NN2C(=O)CN(C)C(=O)C(C)C)cc1. The smallest absolute Gasteiger partial charge is 0.262 e. The molecule has 0 spiro atoms. The van der Waals surface area contributed by atoms with Gasteiger partial charge in [0.15, 0.2) is 0 Å². The predicted octanol–water partition coefficient (Wildman–Crippen LogP) is 3.50. The Labute approximate surface area is 183 Å². The maximum atomic E-state index is 13.2. The van der Waals surface area contributed by atoms with Gasteiger partial charge in [-0.1, -0.05) is 38.1 Å². The van der Waals surface area contributed by atoms with Crippen LogP contribution >= 0.6 is 0 Å². The van der Waals surface area contributed by atoms with Gasteiger partial charge in [-0.05, 0) is 29.8 Å². The molecule has 7 heteroatoms. The van der Waals surface area contributed by atoms with Gasteiger partial charge in [-0.3, -0.25) is 9.59 Å². The van der Waals surface area contributed by atoms with E-state index in [0.717, 1.165) is 28.3 Å². The van der Waals surface area contributed by atoms with E-state index in [1.54, 1.807) is 21.3 Å². The second-order valence-corrected chi connectivity index (χ2v) is 7.86. The van der Waals surface area contributed by atoms with E-state index < -0.39 is 0 Å². The van der Waals surface area contributed by atoms with Crippen molar-refractivity contribution in [2.75, 3.05) is 27.8 Å². The fourth-order valence-corrected chi connectivity index (χ4v) is 3.60. The van der Waals surface area contributed by atoms with Crippen molar-refractivity contribution in [3.8, 4) is 11.5 Å². The first-order valence-electron chi connectivity index (χ1n) is 10.3. The number of amides is 2. The topological polar surface area (TPSA) is 71.4 Å². The Morgan fingerprint density at radius 3 is 2.39 bits per heavy atom. The van der Waals surface area contributed by atoms with Crippen LogP contribution in [0.1, 0.15) is 37.4 Å². The molecule has 1 unspecified atom stereocenters. The average molecular weight is 424 g/mol. The molecule has 0 fully saturated rings. The Morgan fingerprint density at radius 2 is 1.77 bits per heavy atom. The molecule has 0 saturated heterocycles. The van der Waals surface area contributed by atoms with Gasteiger partial charge in [-0.15, -0.1) is 0 Å². The quantitative estimate of drug-likeness (QED) is 0.683. The zero-order chi connectivity index (χ0) is 22.5. The van der Waals surface area contributed by atoms with Crippen molar-refractivity contribution in [2.24, 2.45) is 11.0 Å². The van der Waals surface area contributed by atoms with Crippen LogP contribution < -0.4 is 9.47 Å². The molecule has 0 aromatic heterocycles. The van der Waals surface area contributed by atoms with E-state index in [0.29, 0.717) is 6.42 Å². The van der Waals surface area contributed by atoms with Crippen LogP contribution in [-0.2, 0) is 9.59 Å². The van der Waals surface area contributed by atoms with Crippen LogP contribution in [-0.4, -0.2) is 55.2 Å². The number of hydrazone groups is 1. The number of benzene rings is 2. The molecule has 2 aromatic carbocycles. The zero-order valence-corrected chi connectivity index (χ0v) is 18.7. The minimum absolute atomic E-state index is 0.0292. The number of rotatable bonds is 7. The number of hydrogen-bond donors (Lipinski definition) is 0. The number of carbonyl (C=O) groups excluding carboxylic acids is 2. The lowest BCUT2D eigenvalue weighted by molar-refractivity contribution is -0.142. The molecule has 0 aliphatic carbocycles. The lowest BCUT2D eigenvalue weighted by Crippen LogP contribution is -2.40. The normalized spacial score (nSPS) is 15.6. The Bertz CT molecular complexity index is 969. The first kappa shape index (κ1) is 22.3. The molecule has 31 heavy (non-hydrogen) atoms. The molecular formula is C24H29N3O4. The molecule has 164 valence electrons. The van der Waals surface area contributed by atoms with Crippen LogP contribution in [0.25, 0.3) is 0 Å². The van der Waals surface area contributed by atoms with E-state index >= 15 is 0 Å². The minimum atomic E-state index is -0.262. The van der Waals surface area contributed by atoms with Gasteiger partial charge in [-0.2, -0.15) is 5.10 Å². The zero-order valence-electron chi connectivity index (χ0n) is 18.7. The number of ether oxygens (including phenoxy) is 2. The summed E-state index contributed by atoms with van der Waals surface area (Å²) in [7, 11) is 4.88. The molecule has 1 heterocycles. The highest BCUT2D eigenvalue weighted by molar-refractivity contribution is 6.03. The molecule has 0 saturated carbocycles. The van der Waals surface area contributed by atoms with E-state index in [1.807, 2.05) is 62.4 Å². The standard InChI is InChI=1S/C24H29N3O4/c1-16(2)24(29)26(3)15-23(28)27-22(17-9-11-19(30-4)12-10-17)14-21(25-27)18-7-6-8-20(13-18)31-5/h6-13,16,22H,14-15H2,1-5H3. The predicted molar refractivity (Wildman–Crippen MR) is 119 cm³/mol. The highest BCUT2D eigenvalue weighted by Crippen LogP contribution is 2.34. The van der Waals surface area contributed by atoms with Gasteiger partial charge in [0.05, 0.1) is 26.0 Å². The van der Waals surface area contributed by atoms with E-state index in [4.69, 9.17) is 9.47 Å². The summed E-state index contributed by atoms with van der Waals surface area (Å²) >= 11 is 0. The second-order valence-electron chi connectivity index (χ2n) is 7.86. The molecule has 0 radical (unpaired) electrons. The molecule has 1 aliphatic heterocycles. The number of carbonyl (C=O) groups is 2. The van der Waals surface area contributed by atoms with Crippen molar-refractivity contribution in [3.63, 3.8) is 0 Å². The Hall–Kier alpha value is -3.35. The Balaban J connectivity index is 1.91. The van der Waals surface area contributed by atoms with Crippen LogP contribution in [0.4, 0.5) is 0 Å². The van der Waals surface area contributed by atoms with Gasteiger partial charge >= 0.3 is 0 Å². The van der Waals surface area contributed by atoms with Gasteiger partial charge in [0.1, 0.15) is 18.0 Å². The van der Waals surface area contributed by atoms with Crippen molar-refractivity contribution >= 4 is 17.5 Å². The summed E-state index contributed by atoms with van der Waals surface area (Å²) in [5.41, 5.74) is 2.65. The molecule has 1 atom stereocenters. The van der Waals surface area contributed by atoms with Crippen molar-refractivity contribution in [1.29, 1.82) is 0 Å². The first-order chi connectivity index (χ1) is 14.8. The molecule has 2 amide bonds. The highest BCUT2D eigenvalue weighted by atomic mass is 16.5. The summed E-state index contributed by atoms with van der Waals surface area (Å²) in [4.78, 5) is 26.9. The molecular weight excluding hydrogens is 394 g/mol. The maximum Gasteiger partial charge on any atom is 0.262 e. The van der Waals surface area contributed by atoms with Crippen LogP contribution in [0.2, 0.25) is 0 Å². The van der Waals surface area contributed by atoms with Gasteiger partial charge < -0.3 is 14.4 Å². The van der Waals surface area contributed by atoms with Crippen LogP contribution in [0.15, 0.2) is 53.6 Å². The van der Waals surface area contributed by atoms with Crippen molar-refractivity contribution in [3.05, 3.63) is 59.7 Å². The molecule has 0 N–H and O–H groups in total. The van der Waals surface area contributed by atoms with Crippen LogP contribution in [0, 0.1) is 5.92 Å². The van der Waals surface area contributed by atoms with Gasteiger partial charge in [0.25, 0.3) is 5.91 Å². The average Bonchev–Trinajstić information content (AvgIpc) is 3.24. The summed E-state index contributed by atoms with van der Waals surface area (Å²) in [5.74, 6) is 0.995. The summed E-state index contributed by atoms with van der Waals surface area (Å²) in [6.45, 7) is 3.61. The van der Waals surface area contributed by atoms with Crippen molar-refractivity contribution < 1.29 is 19.1 Å². The van der Waals surface area contributed by atoms with Gasteiger partial charge in [-0.25, -0.2) is 5.01 Å². The van der Waals surface area contributed by atoms with E-state index in [9.17, 15) is 9.59 Å². The monoisotopic (exact) mass is 423 g/mol. The van der Waals surface area contributed by atoms with Gasteiger partial charge in [0.2, 0.25) is 5.91 Å². The number of hydrogen-bond acceptors (Lipinski definition) is 5. The summed E-state index contributed by atoms with van der Waals surface area (Å²) in [6.07, 6.45) is 0.563. The molecule has 3 rings (SSSR count). The summed E-state index contributed by atoms with van der Waals surface area (Å²) < 4.78 is 10.6. The van der Waals surface area contributed by atoms with E-state index in [1.165, 1.54) is 9.91 Å². The number of likely N-dealkylation sites (N-methyl/N-ethyl adjacent to an activating group) is 1.